The number of benzene rings is 1. The Morgan fingerprint density at radius 3 is 2.82 bits per heavy atom. The number of nitrogens with zero attached hydrogens (tertiary/aromatic N) is 4. The van der Waals surface area contributed by atoms with Crippen LogP contribution < -0.4 is 0 Å². The van der Waals surface area contributed by atoms with Gasteiger partial charge in [0.1, 0.15) is 0 Å². The molecule has 0 saturated carbocycles. The van der Waals surface area contributed by atoms with Gasteiger partial charge in [-0.15, -0.1) is 11.3 Å². The second kappa shape index (κ2) is 5.27. The first-order chi connectivity index (χ1) is 10.8. The molecule has 0 amide bonds. The number of hydrogen-bond donors (Lipinski definition) is 0. The number of rotatable bonds is 2. The molecule has 0 unspecified atom stereocenters. The van der Waals surface area contributed by atoms with E-state index in [2.05, 4.69) is 21.0 Å². The Morgan fingerprint density at radius 1 is 1.00 bits per heavy atom. The van der Waals surface area contributed by atoms with Gasteiger partial charge in [-0.2, -0.15) is 0 Å². The highest BCUT2D eigenvalue weighted by molar-refractivity contribution is 7.16. The summed E-state index contributed by atoms with van der Waals surface area (Å²) in [5.41, 5.74) is 6.70. The lowest BCUT2D eigenvalue weighted by Crippen LogP contribution is -1.96. The Balaban J connectivity index is 1.92. The van der Waals surface area contributed by atoms with Crippen molar-refractivity contribution in [3.63, 3.8) is 0 Å². The van der Waals surface area contributed by atoms with Crippen LogP contribution in [0.2, 0.25) is 0 Å². The fourth-order valence-corrected chi connectivity index (χ4v) is 3.14. The van der Waals surface area contributed by atoms with Gasteiger partial charge in [-0.05, 0) is 36.8 Å². The lowest BCUT2D eigenvalue weighted by atomic mass is 10.1. The molecule has 22 heavy (non-hydrogen) atoms. The maximum absolute atomic E-state index is 4.76. The highest BCUT2D eigenvalue weighted by Gasteiger charge is 2.12. The van der Waals surface area contributed by atoms with E-state index in [1.165, 1.54) is 0 Å². The first kappa shape index (κ1) is 13.0. The number of fused-ring (bicyclic) bond motifs is 1. The molecular formula is C17H12N4S. The zero-order chi connectivity index (χ0) is 14.9. The van der Waals surface area contributed by atoms with E-state index in [1.807, 2.05) is 49.1 Å². The zero-order valence-corrected chi connectivity index (χ0v) is 12.7. The van der Waals surface area contributed by atoms with Crippen LogP contribution in [0.25, 0.3) is 32.9 Å². The molecule has 0 atom stereocenters. The van der Waals surface area contributed by atoms with Crippen molar-refractivity contribution in [1.29, 1.82) is 0 Å². The van der Waals surface area contributed by atoms with Gasteiger partial charge in [0, 0.05) is 29.7 Å². The molecule has 0 radical (unpaired) electrons. The molecule has 0 bridgehead atoms. The molecule has 0 aliphatic carbocycles. The third kappa shape index (κ3) is 2.16. The minimum Gasteiger partial charge on any atom is -0.264 e. The van der Waals surface area contributed by atoms with E-state index in [4.69, 9.17) is 4.98 Å². The molecule has 3 aromatic heterocycles. The van der Waals surface area contributed by atoms with Crippen molar-refractivity contribution in [3.8, 4) is 22.6 Å². The van der Waals surface area contributed by atoms with Crippen LogP contribution in [0.15, 0.2) is 54.4 Å². The monoisotopic (exact) mass is 304 g/mol. The first-order valence-corrected chi connectivity index (χ1v) is 7.77. The summed E-state index contributed by atoms with van der Waals surface area (Å²) in [5, 5.41) is 0. The van der Waals surface area contributed by atoms with Crippen molar-refractivity contribution in [1.82, 2.24) is 19.9 Å². The molecule has 106 valence electrons. The number of thiazole rings is 1. The quantitative estimate of drug-likeness (QED) is 0.559. The Kier molecular flexibility index (Phi) is 3.12. The maximum atomic E-state index is 4.76. The van der Waals surface area contributed by atoms with Crippen LogP contribution in [0.3, 0.4) is 0 Å². The first-order valence-electron chi connectivity index (χ1n) is 6.89. The molecule has 3 heterocycles. The predicted octanol–water partition coefficient (Wildman–Crippen LogP) is 4.12. The van der Waals surface area contributed by atoms with Crippen LogP contribution >= 0.6 is 11.3 Å². The van der Waals surface area contributed by atoms with E-state index in [0.717, 1.165) is 32.6 Å². The van der Waals surface area contributed by atoms with Crippen LogP contribution in [0.1, 0.15) is 5.56 Å². The number of para-hydroxylation sites is 1. The van der Waals surface area contributed by atoms with E-state index < -0.39 is 0 Å². The summed E-state index contributed by atoms with van der Waals surface area (Å²) in [6, 6.07) is 10.0. The van der Waals surface area contributed by atoms with Crippen LogP contribution in [-0.4, -0.2) is 19.9 Å². The highest BCUT2D eigenvalue weighted by Crippen LogP contribution is 2.29. The molecule has 0 aliphatic rings. The molecule has 1 aromatic carbocycles. The third-order valence-corrected chi connectivity index (χ3v) is 4.30. The number of aryl methyl sites for hydroxylation is 1. The number of hydrogen-bond acceptors (Lipinski definition) is 5. The zero-order valence-electron chi connectivity index (χ0n) is 11.9. The summed E-state index contributed by atoms with van der Waals surface area (Å²) in [6.45, 7) is 2.01. The van der Waals surface area contributed by atoms with Gasteiger partial charge in [0.05, 0.1) is 21.4 Å². The predicted molar refractivity (Wildman–Crippen MR) is 88.6 cm³/mol. The molecule has 4 nitrogen and oxygen atoms in total. The fraction of sp³-hybridized carbons (Fsp3) is 0.0588. The van der Waals surface area contributed by atoms with E-state index in [0.29, 0.717) is 5.82 Å². The highest BCUT2D eigenvalue weighted by atomic mass is 32.1. The van der Waals surface area contributed by atoms with Gasteiger partial charge < -0.3 is 0 Å². The van der Waals surface area contributed by atoms with E-state index >= 15 is 0 Å². The number of pyridine rings is 1. The minimum atomic E-state index is 0.695. The smallest absolute Gasteiger partial charge is 0.162 e. The number of aromatic nitrogens is 4. The summed E-state index contributed by atoms with van der Waals surface area (Å²) in [6.07, 6.45) is 5.44. The maximum Gasteiger partial charge on any atom is 0.162 e. The van der Waals surface area contributed by atoms with Gasteiger partial charge in [-0.3, -0.25) is 4.98 Å². The third-order valence-electron chi connectivity index (χ3n) is 3.51. The molecule has 4 aromatic rings. The van der Waals surface area contributed by atoms with Crippen molar-refractivity contribution in [2.75, 3.05) is 0 Å². The standard InChI is InChI=1S/C17H12N4S/c1-11-8-19-17(21-15(11)12-4-3-7-18-9-12)13-5-2-6-14-16(13)20-10-22-14/h2-10H,1H3. The molecular weight excluding hydrogens is 292 g/mol. The van der Waals surface area contributed by atoms with E-state index in [9.17, 15) is 0 Å². The van der Waals surface area contributed by atoms with Crippen LogP contribution in [-0.2, 0) is 0 Å². The molecule has 0 saturated heterocycles. The molecule has 5 heteroatoms. The molecule has 0 spiro atoms. The van der Waals surface area contributed by atoms with Gasteiger partial charge in [0.15, 0.2) is 5.82 Å². The Bertz CT molecular complexity index is 947. The van der Waals surface area contributed by atoms with E-state index in [-0.39, 0.29) is 0 Å². The topological polar surface area (TPSA) is 51.6 Å². The summed E-state index contributed by atoms with van der Waals surface area (Å²) < 4.78 is 1.14. The molecule has 0 aliphatic heterocycles. The molecule has 0 N–H and O–H groups in total. The van der Waals surface area contributed by atoms with Gasteiger partial charge in [0.2, 0.25) is 0 Å². The van der Waals surface area contributed by atoms with Gasteiger partial charge in [-0.1, -0.05) is 6.07 Å². The van der Waals surface area contributed by atoms with Gasteiger partial charge in [-0.25, -0.2) is 15.0 Å². The summed E-state index contributed by atoms with van der Waals surface area (Å²) >= 11 is 1.62. The second-order valence-electron chi connectivity index (χ2n) is 4.97. The van der Waals surface area contributed by atoms with Crippen LogP contribution in [0.5, 0.6) is 0 Å². The molecule has 0 fully saturated rings. The van der Waals surface area contributed by atoms with Crippen molar-refractivity contribution >= 4 is 21.6 Å². The van der Waals surface area contributed by atoms with Crippen molar-refractivity contribution in [2.24, 2.45) is 0 Å². The lowest BCUT2D eigenvalue weighted by molar-refractivity contribution is 1.14. The summed E-state index contributed by atoms with van der Waals surface area (Å²) in [4.78, 5) is 17.9. The normalized spacial score (nSPS) is 11.0. The second-order valence-corrected chi connectivity index (χ2v) is 5.86. The SMILES string of the molecule is Cc1cnc(-c2cccc3scnc23)nc1-c1cccnc1. The van der Waals surface area contributed by atoms with Crippen molar-refractivity contribution in [3.05, 3.63) is 60.0 Å². The average molecular weight is 304 g/mol. The van der Waals surface area contributed by atoms with Gasteiger partial charge >= 0.3 is 0 Å². The van der Waals surface area contributed by atoms with Gasteiger partial charge in [0.25, 0.3) is 0 Å². The Morgan fingerprint density at radius 2 is 1.95 bits per heavy atom. The van der Waals surface area contributed by atoms with Crippen LogP contribution in [0.4, 0.5) is 0 Å². The summed E-state index contributed by atoms with van der Waals surface area (Å²) in [5.74, 6) is 0.695. The largest absolute Gasteiger partial charge is 0.264 e. The summed E-state index contributed by atoms with van der Waals surface area (Å²) in [7, 11) is 0. The minimum absolute atomic E-state index is 0.695. The van der Waals surface area contributed by atoms with Crippen LogP contribution in [0, 0.1) is 6.92 Å². The molecule has 4 rings (SSSR count). The van der Waals surface area contributed by atoms with E-state index in [1.54, 1.807) is 17.5 Å². The van der Waals surface area contributed by atoms with Crippen molar-refractivity contribution < 1.29 is 0 Å². The average Bonchev–Trinajstić information content (AvgIpc) is 3.05. The Labute approximate surface area is 131 Å². The fourth-order valence-electron chi connectivity index (χ4n) is 2.43. The Hall–Kier alpha value is -2.66. The lowest BCUT2D eigenvalue weighted by Gasteiger charge is -2.07. The van der Waals surface area contributed by atoms with Crippen molar-refractivity contribution in [2.45, 2.75) is 6.92 Å².